The van der Waals surface area contributed by atoms with Gasteiger partial charge in [0, 0.05) is 0 Å². The van der Waals surface area contributed by atoms with Gasteiger partial charge in [0.2, 0.25) is 0 Å². The van der Waals surface area contributed by atoms with E-state index < -0.39 is 0 Å². The number of fused-ring (bicyclic) bond motifs is 2. The highest BCUT2D eigenvalue weighted by Gasteiger charge is 2.52. The Labute approximate surface area is 80.2 Å². The van der Waals surface area contributed by atoms with Crippen LogP contribution in [0.5, 0.6) is 0 Å². The largest absolute Gasteiger partial charge is 0.299 e. The van der Waals surface area contributed by atoms with Crippen LogP contribution in [0.4, 0.5) is 0 Å². The molecule has 0 amide bonds. The minimum Gasteiger partial charge on any atom is -0.299 e. The Bertz CT molecular complexity index is 258. The summed E-state index contributed by atoms with van der Waals surface area (Å²) in [5.41, 5.74) is 1.90. The Kier molecular flexibility index (Phi) is 1.86. The van der Waals surface area contributed by atoms with E-state index in [-0.39, 0.29) is 0 Å². The minimum atomic E-state index is 0.491. The van der Waals surface area contributed by atoms with Gasteiger partial charge in [0.25, 0.3) is 0 Å². The van der Waals surface area contributed by atoms with E-state index in [4.69, 9.17) is 0 Å². The highest BCUT2D eigenvalue weighted by molar-refractivity contribution is 5.66. The van der Waals surface area contributed by atoms with Gasteiger partial charge in [0.15, 0.2) is 0 Å². The highest BCUT2D eigenvalue weighted by Crippen LogP contribution is 2.60. The van der Waals surface area contributed by atoms with Crippen LogP contribution in [0.3, 0.4) is 0 Å². The van der Waals surface area contributed by atoms with E-state index in [0.29, 0.717) is 11.3 Å². The monoisotopic (exact) mass is 178 g/mol. The molecule has 2 aliphatic rings. The van der Waals surface area contributed by atoms with Crippen molar-refractivity contribution in [2.24, 2.45) is 23.2 Å². The van der Waals surface area contributed by atoms with Crippen molar-refractivity contribution in [2.45, 2.75) is 33.6 Å². The molecule has 2 rings (SSSR count). The third-order valence-electron chi connectivity index (χ3n) is 4.61. The maximum atomic E-state index is 10.4. The van der Waals surface area contributed by atoms with E-state index >= 15 is 0 Å². The van der Waals surface area contributed by atoms with Gasteiger partial charge >= 0.3 is 0 Å². The van der Waals surface area contributed by atoms with Crippen LogP contribution in [0.1, 0.15) is 33.6 Å². The zero-order chi connectivity index (χ0) is 9.64. The van der Waals surface area contributed by atoms with Gasteiger partial charge in [-0.1, -0.05) is 26.3 Å². The van der Waals surface area contributed by atoms with Crippen molar-refractivity contribution in [2.75, 3.05) is 0 Å². The number of hydrogen-bond donors (Lipinski definition) is 0. The summed E-state index contributed by atoms with van der Waals surface area (Å²) in [6, 6.07) is 0. The van der Waals surface area contributed by atoms with Crippen LogP contribution in [-0.4, -0.2) is 6.29 Å². The minimum absolute atomic E-state index is 0.491. The fourth-order valence-electron chi connectivity index (χ4n) is 3.24. The zero-order valence-corrected chi connectivity index (χ0v) is 8.71. The summed E-state index contributed by atoms with van der Waals surface area (Å²) in [4.78, 5) is 10.4. The molecule has 3 atom stereocenters. The first-order valence-electron chi connectivity index (χ1n) is 5.21. The maximum Gasteiger partial charge on any atom is 0.142 e. The van der Waals surface area contributed by atoms with E-state index in [2.05, 4.69) is 20.8 Å². The predicted molar refractivity (Wildman–Crippen MR) is 53.3 cm³/mol. The summed E-state index contributed by atoms with van der Waals surface area (Å²) >= 11 is 0. The number of allylic oxidation sites excluding steroid dienone is 2. The first-order valence-corrected chi connectivity index (χ1v) is 5.21. The van der Waals surface area contributed by atoms with Crippen LogP contribution < -0.4 is 0 Å². The predicted octanol–water partition coefficient (Wildman–Crippen LogP) is 2.81. The smallest absolute Gasteiger partial charge is 0.142 e. The molecule has 72 valence electrons. The quantitative estimate of drug-likeness (QED) is 0.446. The average Bonchev–Trinajstić information content (AvgIpc) is 2.54. The average molecular weight is 178 g/mol. The topological polar surface area (TPSA) is 17.1 Å². The van der Waals surface area contributed by atoms with Gasteiger partial charge in [-0.05, 0) is 42.1 Å². The van der Waals surface area contributed by atoms with Crippen molar-refractivity contribution >= 4 is 6.29 Å². The molecule has 0 aromatic heterocycles. The standard InChI is InChI=1S/C12H18O/c1-8-11-7-10(12(8,2)3)6-9(11)4-5-13/h4-5,8,10-11H,6-7H2,1-3H3. The Hall–Kier alpha value is -0.590. The van der Waals surface area contributed by atoms with Gasteiger partial charge in [0.05, 0.1) is 0 Å². The van der Waals surface area contributed by atoms with Gasteiger partial charge < -0.3 is 0 Å². The summed E-state index contributed by atoms with van der Waals surface area (Å²) in [5, 5.41) is 0. The van der Waals surface area contributed by atoms with Gasteiger partial charge in [0.1, 0.15) is 6.29 Å². The van der Waals surface area contributed by atoms with Crippen LogP contribution in [-0.2, 0) is 4.79 Å². The Morgan fingerprint density at radius 1 is 1.46 bits per heavy atom. The molecule has 13 heavy (non-hydrogen) atoms. The second-order valence-electron chi connectivity index (χ2n) is 5.23. The molecule has 1 heteroatoms. The Balaban J connectivity index is 2.27. The van der Waals surface area contributed by atoms with Gasteiger partial charge in [-0.25, -0.2) is 0 Å². The van der Waals surface area contributed by atoms with Crippen LogP contribution in [0, 0.1) is 23.2 Å². The Morgan fingerprint density at radius 2 is 2.15 bits per heavy atom. The van der Waals surface area contributed by atoms with E-state index in [1.807, 2.05) is 0 Å². The van der Waals surface area contributed by atoms with E-state index in [0.717, 1.165) is 18.1 Å². The number of rotatable bonds is 1. The third kappa shape index (κ3) is 1.09. The fraction of sp³-hybridized carbons (Fsp3) is 0.750. The molecular weight excluding hydrogens is 160 g/mol. The molecule has 0 aromatic rings. The molecule has 2 fully saturated rings. The van der Waals surface area contributed by atoms with Crippen molar-refractivity contribution in [3.63, 3.8) is 0 Å². The van der Waals surface area contributed by atoms with Crippen molar-refractivity contribution in [1.29, 1.82) is 0 Å². The van der Waals surface area contributed by atoms with Crippen molar-refractivity contribution in [3.8, 4) is 0 Å². The molecule has 0 spiro atoms. The first kappa shape index (κ1) is 8.98. The lowest BCUT2D eigenvalue weighted by Gasteiger charge is -2.37. The summed E-state index contributed by atoms with van der Waals surface area (Å²) in [6.45, 7) is 7.09. The van der Waals surface area contributed by atoms with Gasteiger partial charge in [-0.2, -0.15) is 0 Å². The van der Waals surface area contributed by atoms with Crippen LogP contribution in [0.15, 0.2) is 11.6 Å². The fourth-order valence-corrected chi connectivity index (χ4v) is 3.24. The van der Waals surface area contributed by atoms with E-state index in [1.54, 1.807) is 6.08 Å². The molecule has 2 saturated carbocycles. The molecule has 0 aromatic carbocycles. The number of carbonyl (C=O) groups is 1. The zero-order valence-electron chi connectivity index (χ0n) is 8.71. The lowest BCUT2D eigenvalue weighted by atomic mass is 9.68. The molecule has 0 radical (unpaired) electrons. The second-order valence-corrected chi connectivity index (χ2v) is 5.23. The molecule has 3 unspecified atom stereocenters. The summed E-state index contributed by atoms with van der Waals surface area (Å²) < 4.78 is 0. The molecule has 2 bridgehead atoms. The summed E-state index contributed by atoms with van der Waals surface area (Å²) in [5.74, 6) is 2.27. The lowest BCUT2D eigenvalue weighted by Crippen LogP contribution is -2.29. The molecule has 1 nitrogen and oxygen atoms in total. The van der Waals surface area contributed by atoms with Gasteiger partial charge in [-0.15, -0.1) is 0 Å². The second kappa shape index (κ2) is 2.70. The SMILES string of the molecule is CC1C2CC(CC2=CC=O)C1(C)C. The molecular formula is C12H18O. The molecule has 0 N–H and O–H groups in total. The molecule has 0 aliphatic heterocycles. The Morgan fingerprint density at radius 3 is 2.62 bits per heavy atom. The lowest BCUT2D eigenvalue weighted by molar-refractivity contribution is -0.104. The number of hydrogen-bond acceptors (Lipinski definition) is 1. The first-order chi connectivity index (χ1) is 6.07. The van der Waals surface area contributed by atoms with Crippen molar-refractivity contribution in [1.82, 2.24) is 0 Å². The highest BCUT2D eigenvalue weighted by atomic mass is 16.1. The number of carbonyl (C=O) groups excluding carboxylic acids is 1. The molecule has 2 aliphatic carbocycles. The van der Waals surface area contributed by atoms with Crippen molar-refractivity contribution in [3.05, 3.63) is 11.6 Å². The van der Waals surface area contributed by atoms with E-state index in [1.165, 1.54) is 18.4 Å². The van der Waals surface area contributed by atoms with Crippen LogP contribution in [0.2, 0.25) is 0 Å². The normalized spacial score (nSPS) is 44.2. The van der Waals surface area contributed by atoms with Crippen LogP contribution in [0.25, 0.3) is 0 Å². The van der Waals surface area contributed by atoms with Gasteiger partial charge in [-0.3, -0.25) is 4.79 Å². The summed E-state index contributed by atoms with van der Waals surface area (Å²) in [7, 11) is 0. The van der Waals surface area contributed by atoms with E-state index in [9.17, 15) is 4.79 Å². The molecule has 0 heterocycles. The third-order valence-corrected chi connectivity index (χ3v) is 4.61. The number of aldehydes is 1. The van der Waals surface area contributed by atoms with Crippen molar-refractivity contribution < 1.29 is 4.79 Å². The maximum absolute atomic E-state index is 10.4. The summed E-state index contributed by atoms with van der Waals surface area (Å²) in [6.07, 6.45) is 5.24. The molecule has 0 saturated heterocycles. The van der Waals surface area contributed by atoms with Crippen LogP contribution >= 0.6 is 0 Å².